The zero-order valence-electron chi connectivity index (χ0n) is 11.7. The first-order valence-corrected chi connectivity index (χ1v) is 6.88. The van der Waals surface area contributed by atoms with Crippen molar-refractivity contribution in [1.82, 2.24) is 0 Å². The van der Waals surface area contributed by atoms with Gasteiger partial charge in [-0.2, -0.15) is 13.2 Å². The number of rotatable bonds is 3. The number of benzene rings is 1. The minimum absolute atomic E-state index is 0.00585. The highest BCUT2D eigenvalue weighted by molar-refractivity contribution is 5.83. The van der Waals surface area contributed by atoms with Crippen LogP contribution in [0.15, 0.2) is 24.3 Å². The Morgan fingerprint density at radius 1 is 1.33 bits per heavy atom. The van der Waals surface area contributed by atoms with Crippen molar-refractivity contribution >= 4 is 11.7 Å². The van der Waals surface area contributed by atoms with Gasteiger partial charge in [0, 0.05) is 5.69 Å². The van der Waals surface area contributed by atoms with Crippen molar-refractivity contribution in [3.8, 4) is 0 Å². The summed E-state index contributed by atoms with van der Waals surface area (Å²) in [7, 11) is 0. The highest BCUT2D eigenvalue weighted by Crippen LogP contribution is 2.43. The van der Waals surface area contributed by atoms with Crippen molar-refractivity contribution in [3.05, 3.63) is 29.8 Å². The zero-order chi connectivity index (χ0) is 15.7. The Morgan fingerprint density at radius 3 is 2.48 bits per heavy atom. The van der Waals surface area contributed by atoms with Gasteiger partial charge in [0.1, 0.15) is 5.54 Å². The smallest absolute Gasteiger partial charge is 0.391 e. The van der Waals surface area contributed by atoms with Crippen molar-refractivity contribution in [2.45, 2.75) is 44.3 Å². The molecular formula is C15H18F3NO2. The molecule has 0 aliphatic heterocycles. The third kappa shape index (κ3) is 3.49. The standard InChI is InChI=1S/C15H18F3NO2/c1-10-4-6-12(7-5-10)19-14(13(20)21)8-2-3-11(9-14)15(16,17)18/h4-7,11,19H,2-3,8-9H2,1H3,(H,20,21). The summed E-state index contributed by atoms with van der Waals surface area (Å²) in [5.41, 5.74) is -0.0131. The van der Waals surface area contributed by atoms with Gasteiger partial charge in [-0.25, -0.2) is 4.79 Å². The maximum Gasteiger partial charge on any atom is 0.391 e. The van der Waals surface area contributed by atoms with E-state index in [1.54, 1.807) is 24.3 Å². The lowest BCUT2D eigenvalue weighted by Gasteiger charge is -2.39. The summed E-state index contributed by atoms with van der Waals surface area (Å²) in [6, 6.07) is 6.97. The lowest BCUT2D eigenvalue weighted by atomic mass is 9.75. The monoisotopic (exact) mass is 301 g/mol. The van der Waals surface area contributed by atoms with E-state index < -0.39 is 30.0 Å². The van der Waals surface area contributed by atoms with Gasteiger partial charge in [0.2, 0.25) is 0 Å². The summed E-state index contributed by atoms with van der Waals surface area (Å²) >= 11 is 0. The fourth-order valence-electron chi connectivity index (χ4n) is 2.83. The number of aryl methyl sites for hydroxylation is 1. The highest BCUT2D eigenvalue weighted by atomic mass is 19.4. The van der Waals surface area contributed by atoms with Crippen molar-refractivity contribution < 1.29 is 23.1 Å². The van der Waals surface area contributed by atoms with Gasteiger partial charge in [-0.3, -0.25) is 0 Å². The van der Waals surface area contributed by atoms with E-state index in [0.29, 0.717) is 5.69 Å². The van der Waals surface area contributed by atoms with E-state index in [-0.39, 0.29) is 19.3 Å². The van der Waals surface area contributed by atoms with Crippen LogP contribution in [0.3, 0.4) is 0 Å². The van der Waals surface area contributed by atoms with Crippen LogP contribution in [0.25, 0.3) is 0 Å². The van der Waals surface area contributed by atoms with E-state index in [1.807, 2.05) is 6.92 Å². The molecule has 1 aromatic rings. The Bertz CT molecular complexity index is 513. The number of anilines is 1. The van der Waals surface area contributed by atoms with Gasteiger partial charge in [0.05, 0.1) is 5.92 Å². The molecule has 0 aromatic heterocycles. The largest absolute Gasteiger partial charge is 0.480 e. The van der Waals surface area contributed by atoms with Gasteiger partial charge in [0.15, 0.2) is 0 Å². The van der Waals surface area contributed by atoms with Crippen molar-refractivity contribution in [3.63, 3.8) is 0 Å². The number of carbonyl (C=O) groups is 1. The second-order valence-corrected chi connectivity index (χ2v) is 5.71. The van der Waals surface area contributed by atoms with Crippen LogP contribution in [0.5, 0.6) is 0 Å². The molecule has 6 heteroatoms. The highest BCUT2D eigenvalue weighted by Gasteiger charge is 2.51. The first kappa shape index (κ1) is 15.7. The average Bonchev–Trinajstić information content (AvgIpc) is 2.40. The van der Waals surface area contributed by atoms with Gasteiger partial charge in [-0.15, -0.1) is 0 Å². The summed E-state index contributed by atoms with van der Waals surface area (Å²) < 4.78 is 38.8. The van der Waals surface area contributed by atoms with E-state index in [2.05, 4.69) is 5.32 Å². The van der Waals surface area contributed by atoms with Crippen LogP contribution < -0.4 is 5.32 Å². The lowest BCUT2D eigenvalue weighted by molar-refractivity contribution is -0.188. The molecule has 2 unspecified atom stereocenters. The van der Waals surface area contributed by atoms with E-state index >= 15 is 0 Å². The molecule has 21 heavy (non-hydrogen) atoms. The summed E-state index contributed by atoms with van der Waals surface area (Å²) in [6.45, 7) is 1.89. The van der Waals surface area contributed by atoms with Crippen LogP contribution in [-0.2, 0) is 4.79 Å². The number of nitrogens with one attached hydrogen (secondary N) is 1. The second-order valence-electron chi connectivity index (χ2n) is 5.71. The number of carboxylic acids is 1. The molecule has 0 bridgehead atoms. The minimum atomic E-state index is -4.35. The molecule has 0 radical (unpaired) electrons. The van der Waals surface area contributed by atoms with Gasteiger partial charge in [-0.1, -0.05) is 17.7 Å². The number of hydrogen-bond acceptors (Lipinski definition) is 2. The van der Waals surface area contributed by atoms with Crippen LogP contribution in [0, 0.1) is 12.8 Å². The number of alkyl halides is 3. The van der Waals surface area contributed by atoms with E-state index in [1.165, 1.54) is 0 Å². The van der Waals surface area contributed by atoms with Crippen LogP contribution in [0.4, 0.5) is 18.9 Å². The zero-order valence-corrected chi connectivity index (χ0v) is 11.7. The molecule has 1 aliphatic carbocycles. The average molecular weight is 301 g/mol. The minimum Gasteiger partial charge on any atom is -0.480 e. The number of halogens is 3. The maximum absolute atomic E-state index is 12.9. The number of carboxylic acid groups (broad SMARTS) is 1. The quantitative estimate of drug-likeness (QED) is 0.887. The molecule has 0 spiro atoms. The van der Waals surface area contributed by atoms with Crippen LogP contribution >= 0.6 is 0 Å². The third-order valence-electron chi connectivity index (χ3n) is 4.06. The fraction of sp³-hybridized carbons (Fsp3) is 0.533. The maximum atomic E-state index is 12.9. The van der Waals surface area contributed by atoms with Gasteiger partial charge in [-0.05, 0) is 44.7 Å². The van der Waals surface area contributed by atoms with E-state index in [0.717, 1.165) is 5.56 Å². The molecule has 0 amide bonds. The Kier molecular flexibility index (Phi) is 4.16. The predicted octanol–water partition coefficient (Wildman–Crippen LogP) is 3.98. The number of hydrogen-bond donors (Lipinski definition) is 2. The van der Waals surface area contributed by atoms with Crippen molar-refractivity contribution in [1.29, 1.82) is 0 Å². The van der Waals surface area contributed by atoms with Crippen LogP contribution in [0.1, 0.15) is 31.2 Å². The Hall–Kier alpha value is -1.72. The van der Waals surface area contributed by atoms with Crippen molar-refractivity contribution in [2.75, 3.05) is 5.32 Å². The summed E-state index contributed by atoms with van der Waals surface area (Å²) in [5.74, 6) is -2.79. The fourth-order valence-corrected chi connectivity index (χ4v) is 2.83. The first-order chi connectivity index (χ1) is 9.73. The molecule has 2 atom stereocenters. The molecule has 0 saturated heterocycles. The van der Waals surface area contributed by atoms with Crippen LogP contribution in [-0.4, -0.2) is 22.8 Å². The van der Waals surface area contributed by atoms with E-state index in [4.69, 9.17) is 0 Å². The Balaban J connectivity index is 2.24. The van der Waals surface area contributed by atoms with Gasteiger partial charge in [0.25, 0.3) is 0 Å². The van der Waals surface area contributed by atoms with E-state index in [9.17, 15) is 23.1 Å². The molecule has 2 rings (SSSR count). The second kappa shape index (κ2) is 5.58. The van der Waals surface area contributed by atoms with Gasteiger partial charge >= 0.3 is 12.1 Å². The molecule has 2 N–H and O–H groups in total. The van der Waals surface area contributed by atoms with Crippen molar-refractivity contribution in [2.24, 2.45) is 5.92 Å². The SMILES string of the molecule is Cc1ccc(NC2(C(=O)O)CCCC(C(F)(F)F)C2)cc1. The summed E-state index contributed by atoms with van der Waals surface area (Å²) in [6.07, 6.45) is -4.35. The third-order valence-corrected chi connectivity index (χ3v) is 4.06. The molecule has 0 heterocycles. The van der Waals surface area contributed by atoms with Gasteiger partial charge < -0.3 is 10.4 Å². The summed E-state index contributed by atoms with van der Waals surface area (Å²) in [5, 5.41) is 12.3. The predicted molar refractivity (Wildman–Crippen MR) is 73.2 cm³/mol. The Morgan fingerprint density at radius 2 is 1.95 bits per heavy atom. The normalized spacial score (nSPS) is 26.4. The lowest BCUT2D eigenvalue weighted by Crippen LogP contribution is -2.52. The molecule has 1 fully saturated rings. The molecule has 1 aliphatic rings. The molecular weight excluding hydrogens is 283 g/mol. The first-order valence-electron chi connectivity index (χ1n) is 6.88. The topological polar surface area (TPSA) is 49.3 Å². The molecule has 3 nitrogen and oxygen atoms in total. The molecule has 1 saturated carbocycles. The molecule has 1 aromatic carbocycles. The summed E-state index contributed by atoms with van der Waals surface area (Å²) in [4.78, 5) is 11.6. The molecule has 116 valence electrons. The Labute approximate surface area is 121 Å². The number of aliphatic carboxylic acids is 1. The van der Waals surface area contributed by atoms with Crippen LogP contribution in [0.2, 0.25) is 0 Å².